The van der Waals surface area contributed by atoms with Crippen molar-refractivity contribution < 1.29 is 14.6 Å². The molecule has 1 N–H and O–H groups in total. The molecule has 0 radical (unpaired) electrons. The van der Waals surface area contributed by atoms with Crippen LogP contribution < -0.4 is 0 Å². The van der Waals surface area contributed by atoms with Gasteiger partial charge in [-0.15, -0.1) is 0 Å². The molecule has 4 heteroatoms. The van der Waals surface area contributed by atoms with Crippen molar-refractivity contribution in [3.8, 4) is 0 Å². The number of fused-ring (bicyclic) bond motifs is 5. The number of rotatable bonds is 1. The fourth-order valence-corrected chi connectivity index (χ4v) is 3.39. The third-order valence-corrected chi connectivity index (χ3v) is 4.32. The van der Waals surface area contributed by atoms with Crippen molar-refractivity contribution in [2.45, 2.75) is 43.1 Å². The first-order valence-corrected chi connectivity index (χ1v) is 5.88. The van der Waals surface area contributed by atoms with Crippen molar-refractivity contribution in [3.05, 3.63) is 12.2 Å². The summed E-state index contributed by atoms with van der Waals surface area (Å²) < 4.78 is 5.36. The van der Waals surface area contributed by atoms with Crippen molar-refractivity contribution in [2.75, 3.05) is 13.7 Å². The summed E-state index contributed by atoms with van der Waals surface area (Å²) in [5.41, 5.74) is -1.16. The van der Waals surface area contributed by atoms with Crippen LogP contribution >= 0.6 is 0 Å². The molecular formula is C12H17NO3. The quantitative estimate of drug-likeness (QED) is 0.685. The minimum Gasteiger partial charge on any atom is -0.381 e. The topological polar surface area (TPSA) is 49.8 Å². The molecule has 1 aliphatic carbocycles. The fraction of sp³-hybridized carbons (Fsp3) is 0.750. The van der Waals surface area contributed by atoms with E-state index in [9.17, 15) is 9.90 Å². The zero-order valence-electron chi connectivity index (χ0n) is 9.43. The Balaban J connectivity index is 1.92. The molecule has 2 fully saturated rings. The number of carbonyl (C=O) groups is 1. The molecule has 0 spiro atoms. The van der Waals surface area contributed by atoms with Gasteiger partial charge in [0.2, 0.25) is 0 Å². The Bertz CT molecular complexity index is 354. The Morgan fingerprint density at radius 2 is 2.44 bits per heavy atom. The summed E-state index contributed by atoms with van der Waals surface area (Å²) in [5.74, 6) is -0.131. The van der Waals surface area contributed by atoms with Crippen LogP contribution in [-0.2, 0) is 9.53 Å². The number of hydrogen-bond acceptors (Lipinski definition) is 4. The van der Waals surface area contributed by atoms with Crippen LogP contribution in [0.4, 0.5) is 0 Å². The highest BCUT2D eigenvalue weighted by atomic mass is 16.5. The van der Waals surface area contributed by atoms with Crippen molar-refractivity contribution >= 4 is 5.78 Å². The normalized spacial score (nSPS) is 47.1. The van der Waals surface area contributed by atoms with Gasteiger partial charge >= 0.3 is 0 Å². The van der Waals surface area contributed by atoms with E-state index in [1.54, 1.807) is 13.2 Å². The second kappa shape index (κ2) is 3.39. The van der Waals surface area contributed by atoms with E-state index in [2.05, 4.69) is 4.90 Å². The van der Waals surface area contributed by atoms with Crippen molar-refractivity contribution in [1.29, 1.82) is 0 Å². The number of methoxy groups -OCH3 is 1. The first kappa shape index (κ1) is 10.4. The Kier molecular flexibility index (Phi) is 2.21. The molecule has 2 bridgehead atoms. The summed E-state index contributed by atoms with van der Waals surface area (Å²) in [6.45, 7) is 0.910. The van der Waals surface area contributed by atoms with Gasteiger partial charge < -0.3 is 9.84 Å². The van der Waals surface area contributed by atoms with Crippen LogP contribution in [0, 0.1) is 0 Å². The van der Waals surface area contributed by atoms with E-state index >= 15 is 0 Å². The van der Waals surface area contributed by atoms with E-state index in [1.807, 2.05) is 6.08 Å². The van der Waals surface area contributed by atoms with Crippen LogP contribution in [0.15, 0.2) is 12.2 Å². The predicted octanol–water partition coefficient (Wildman–Crippen LogP) is 0.108. The lowest BCUT2D eigenvalue weighted by Gasteiger charge is -2.39. The number of carbonyl (C=O) groups excluding carboxylic acids is 1. The molecule has 4 atom stereocenters. The van der Waals surface area contributed by atoms with Gasteiger partial charge in [-0.1, -0.05) is 6.08 Å². The molecule has 0 amide bonds. The largest absolute Gasteiger partial charge is 0.381 e. The van der Waals surface area contributed by atoms with Gasteiger partial charge in [-0.2, -0.15) is 0 Å². The maximum absolute atomic E-state index is 11.8. The first-order chi connectivity index (χ1) is 7.65. The Hall–Kier alpha value is -0.710. The van der Waals surface area contributed by atoms with Crippen LogP contribution in [0.5, 0.6) is 0 Å². The third kappa shape index (κ3) is 1.24. The van der Waals surface area contributed by atoms with Crippen molar-refractivity contribution in [2.24, 2.45) is 0 Å². The molecule has 3 aliphatic rings. The van der Waals surface area contributed by atoms with E-state index in [0.29, 0.717) is 6.42 Å². The molecule has 0 aromatic carbocycles. The van der Waals surface area contributed by atoms with Gasteiger partial charge in [0.05, 0.1) is 6.10 Å². The lowest BCUT2D eigenvalue weighted by Crippen LogP contribution is -2.53. The first-order valence-electron chi connectivity index (χ1n) is 5.88. The van der Waals surface area contributed by atoms with Crippen LogP contribution in [0.2, 0.25) is 0 Å². The minimum absolute atomic E-state index is 0.0568. The minimum atomic E-state index is -1.16. The van der Waals surface area contributed by atoms with Gasteiger partial charge in [-0.05, 0) is 18.9 Å². The molecule has 2 saturated heterocycles. The SMILES string of the molecule is CO[C@@H]1CCN2[C@@H]3C=CC(=O)[C@@](O)(C3)[C@H]2C1. The maximum Gasteiger partial charge on any atom is 0.188 e. The number of aliphatic hydroxyl groups is 1. The smallest absolute Gasteiger partial charge is 0.188 e. The monoisotopic (exact) mass is 223 g/mol. The standard InChI is InChI=1S/C12H17NO3/c1-16-9-4-5-13-8-2-3-11(14)12(15,7-8)10(13)6-9/h2-3,8-10,15H,4-7H2,1H3/t8-,9-,10-,12-/m1/s1. The summed E-state index contributed by atoms with van der Waals surface area (Å²) in [4.78, 5) is 14.1. The van der Waals surface area contributed by atoms with Gasteiger partial charge in [0, 0.05) is 32.2 Å². The zero-order valence-corrected chi connectivity index (χ0v) is 9.43. The predicted molar refractivity (Wildman–Crippen MR) is 58.0 cm³/mol. The second-order valence-electron chi connectivity index (χ2n) is 5.05. The molecule has 2 aliphatic heterocycles. The molecule has 3 rings (SSSR count). The van der Waals surface area contributed by atoms with Gasteiger partial charge in [-0.3, -0.25) is 9.69 Å². The summed E-state index contributed by atoms with van der Waals surface area (Å²) in [6, 6.07) is 0.184. The fourth-order valence-electron chi connectivity index (χ4n) is 3.39. The highest BCUT2D eigenvalue weighted by Gasteiger charge is 2.57. The van der Waals surface area contributed by atoms with E-state index in [0.717, 1.165) is 19.4 Å². The molecule has 0 aromatic rings. The zero-order chi connectivity index (χ0) is 11.3. The summed E-state index contributed by atoms with van der Waals surface area (Å²) in [5, 5.41) is 10.5. The number of ether oxygens (including phenoxy) is 1. The average molecular weight is 223 g/mol. The van der Waals surface area contributed by atoms with Gasteiger partial charge in [0.25, 0.3) is 0 Å². The summed E-state index contributed by atoms with van der Waals surface area (Å²) >= 11 is 0. The van der Waals surface area contributed by atoms with Crippen molar-refractivity contribution in [3.63, 3.8) is 0 Å². The lowest BCUT2D eigenvalue weighted by molar-refractivity contribution is -0.137. The highest BCUT2D eigenvalue weighted by molar-refractivity contribution is 5.99. The molecule has 0 aromatic heterocycles. The summed E-state index contributed by atoms with van der Waals surface area (Å²) in [6.07, 6.45) is 5.97. The number of hydrogen-bond donors (Lipinski definition) is 1. The number of ketones is 1. The van der Waals surface area contributed by atoms with Gasteiger partial charge in [0.15, 0.2) is 5.78 Å². The van der Waals surface area contributed by atoms with Gasteiger partial charge in [0.1, 0.15) is 5.60 Å². The van der Waals surface area contributed by atoms with Crippen LogP contribution in [0.3, 0.4) is 0 Å². The van der Waals surface area contributed by atoms with E-state index in [1.165, 1.54) is 0 Å². The molecule has 2 heterocycles. The van der Waals surface area contributed by atoms with E-state index in [4.69, 9.17) is 4.74 Å². The number of piperidine rings is 1. The highest BCUT2D eigenvalue weighted by Crippen LogP contribution is 2.43. The average Bonchev–Trinajstić information content (AvgIpc) is 2.55. The Labute approximate surface area is 94.9 Å². The third-order valence-electron chi connectivity index (χ3n) is 4.32. The lowest BCUT2D eigenvalue weighted by atomic mass is 9.82. The van der Waals surface area contributed by atoms with E-state index < -0.39 is 5.60 Å². The van der Waals surface area contributed by atoms with Crippen LogP contribution in [0.1, 0.15) is 19.3 Å². The second-order valence-corrected chi connectivity index (χ2v) is 5.05. The van der Waals surface area contributed by atoms with Crippen molar-refractivity contribution in [1.82, 2.24) is 4.90 Å². The Morgan fingerprint density at radius 3 is 3.19 bits per heavy atom. The molecule has 0 unspecified atom stereocenters. The maximum atomic E-state index is 11.8. The molecule has 88 valence electrons. The van der Waals surface area contributed by atoms with Gasteiger partial charge in [-0.25, -0.2) is 0 Å². The van der Waals surface area contributed by atoms with E-state index in [-0.39, 0.29) is 24.0 Å². The molecular weight excluding hydrogens is 206 g/mol. The Morgan fingerprint density at radius 1 is 1.62 bits per heavy atom. The van der Waals surface area contributed by atoms with Crippen LogP contribution in [-0.4, -0.2) is 53.2 Å². The number of nitrogens with zero attached hydrogens (tertiary/aromatic N) is 1. The summed E-state index contributed by atoms with van der Waals surface area (Å²) in [7, 11) is 1.70. The molecule has 0 saturated carbocycles. The molecule has 16 heavy (non-hydrogen) atoms. The molecule has 4 nitrogen and oxygen atoms in total. The van der Waals surface area contributed by atoms with Crippen LogP contribution in [0.25, 0.3) is 0 Å².